The van der Waals surface area contributed by atoms with Crippen LogP contribution in [0.4, 0.5) is 0 Å². The monoisotopic (exact) mass is 111 g/mol. The molecular weight excluding hydrogens is 102 g/mol. The van der Waals surface area contributed by atoms with Gasteiger partial charge in [-0.05, 0) is 0 Å². The van der Waals surface area contributed by atoms with Gasteiger partial charge in [-0.25, -0.2) is 4.99 Å². The van der Waals surface area contributed by atoms with Crippen molar-refractivity contribution >= 4 is 12.6 Å². The number of rotatable bonds is 3. The van der Waals surface area contributed by atoms with E-state index in [4.69, 9.17) is 5.41 Å². The van der Waals surface area contributed by atoms with E-state index in [1.54, 1.807) is 7.05 Å². The lowest BCUT2D eigenvalue weighted by molar-refractivity contribution is 1.20. The first-order valence-corrected chi connectivity index (χ1v) is 2.20. The number of allylic oxidation sites excluding steroid dienone is 1. The Balaban J connectivity index is 3.52. The average Bonchev–Trinajstić information content (AvgIpc) is 1.83. The van der Waals surface area contributed by atoms with E-state index in [1.807, 2.05) is 0 Å². The molecule has 0 heterocycles. The van der Waals surface area contributed by atoms with E-state index in [0.29, 0.717) is 5.70 Å². The highest BCUT2D eigenvalue weighted by molar-refractivity contribution is 5.77. The van der Waals surface area contributed by atoms with E-state index < -0.39 is 0 Å². The quantitative estimate of drug-likeness (QED) is 0.402. The van der Waals surface area contributed by atoms with Crippen molar-refractivity contribution in [2.75, 3.05) is 7.05 Å². The lowest BCUT2D eigenvalue weighted by Crippen LogP contribution is -2.00. The summed E-state index contributed by atoms with van der Waals surface area (Å²) in [6.45, 7) is 3.43. The third-order valence-corrected chi connectivity index (χ3v) is 0.526. The van der Waals surface area contributed by atoms with Gasteiger partial charge in [-0.1, -0.05) is 6.58 Å². The minimum Gasteiger partial charge on any atom is -0.379 e. The van der Waals surface area contributed by atoms with Gasteiger partial charge < -0.3 is 10.7 Å². The molecule has 8 heavy (non-hydrogen) atoms. The topological polar surface area (TPSA) is 48.2 Å². The minimum atomic E-state index is 0.444. The van der Waals surface area contributed by atoms with Crippen LogP contribution in [0.3, 0.4) is 0 Å². The molecule has 3 heteroatoms. The van der Waals surface area contributed by atoms with Crippen molar-refractivity contribution in [2.24, 2.45) is 4.99 Å². The van der Waals surface area contributed by atoms with Crippen LogP contribution >= 0.6 is 0 Å². The largest absolute Gasteiger partial charge is 0.379 e. The zero-order chi connectivity index (χ0) is 6.41. The van der Waals surface area contributed by atoms with E-state index in [2.05, 4.69) is 16.9 Å². The Hall–Kier alpha value is -1.12. The molecule has 0 fully saturated rings. The second-order valence-corrected chi connectivity index (χ2v) is 1.18. The maximum absolute atomic E-state index is 6.62. The second-order valence-electron chi connectivity index (χ2n) is 1.18. The third-order valence-electron chi connectivity index (χ3n) is 0.526. The van der Waals surface area contributed by atoms with Crippen molar-refractivity contribution in [1.82, 2.24) is 5.32 Å². The molecule has 0 bridgehead atoms. The Morgan fingerprint density at radius 1 is 1.88 bits per heavy atom. The summed E-state index contributed by atoms with van der Waals surface area (Å²) in [7, 11) is 1.74. The Morgan fingerprint density at radius 3 is 2.88 bits per heavy atom. The van der Waals surface area contributed by atoms with Crippen molar-refractivity contribution in [3.63, 3.8) is 0 Å². The normalized spacial score (nSPS) is 9.12. The number of hydrogen-bond acceptors (Lipinski definition) is 2. The maximum Gasteiger partial charge on any atom is 0.0884 e. The van der Waals surface area contributed by atoms with Gasteiger partial charge in [0, 0.05) is 13.3 Å². The van der Waals surface area contributed by atoms with Gasteiger partial charge in [0.05, 0.1) is 12.0 Å². The highest BCUT2D eigenvalue weighted by Crippen LogP contribution is 1.80. The number of nitrogens with one attached hydrogen (secondary N) is 2. The standard InChI is InChI=1S/C5H9N3/c1-5(3-6)8-4-7-2/h3-4,6H,1H2,2H3,(H,7,8). The van der Waals surface area contributed by atoms with Crippen molar-refractivity contribution in [3.05, 3.63) is 12.3 Å². The van der Waals surface area contributed by atoms with Crippen LogP contribution in [0, 0.1) is 5.41 Å². The Kier molecular flexibility index (Phi) is 3.48. The first-order chi connectivity index (χ1) is 3.81. The van der Waals surface area contributed by atoms with Crippen LogP contribution in [-0.4, -0.2) is 19.6 Å². The second kappa shape index (κ2) is 4.05. The van der Waals surface area contributed by atoms with Crippen molar-refractivity contribution in [3.8, 4) is 0 Å². The smallest absolute Gasteiger partial charge is 0.0884 e. The third kappa shape index (κ3) is 3.08. The Morgan fingerprint density at radius 2 is 2.50 bits per heavy atom. The molecule has 0 rings (SSSR count). The fourth-order valence-electron chi connectivity index (χ4n) is 0.185. The van der Waals surface area contributed by atoms with E-state index in [0.717, 1.165) is 6.21 Å². The maximum atomic E-state index is 6.62. The van der Waals surface area contributed by atoms with Crippen molar-refractivity contribution in [1.29, 1.82) is 5.41 Å². The van der Waals surface area contributed by atoms with Gasteiger partial charge in [0.1, 0.15) is 0 Å². The molecule has 0 radical (unpaired) electrons. The number of hydrogen-bond donors (Lipinski definition) is 2. The van der Waals surface area contributed by atoms with E-state index in [1.165, 1.54) is 6.34 Å². The molecule has 0 aliphatic carbocycles. The summed E-state index contributed by atoms with van der Waals surface area (Å²) in [5, 5.41) is 9.30. The van der Waals surface area contributed by atoms with Gasteiger partial charge in [0.25, 0.3) is 0 Å². The molecule has 2 N–H and O–H groups in total. The first kappa shape index (κ1) is 6.88. The van der Waals surface area contributed by atoms with Gasteiger partial charge >= 0.3 is 0 Å². The lowest BCUT2D eigenvalue weighted by atomic mass is 10.6. The molecule has 0 atom stereocenters. The van der Waals surface area contributed by atoms with Crippen LogP contribution < -0.4 is 5.32 Å². The van der Waals surface area contributed by atoms with Gasteiger partial charge in [-0.3, -0.25) is 0 Å². The highest BCUT2D eigenvalue weighted by atomic mass is 14.9. The zero-order valence-corrected chi connectivity index (χ0v) is 4.81. The molecule has 0 unspecified atom stereocenters. The predicted octanol–water partition coefficient (Wildman–Crippen LogP) is 0.397. The van der Waals surface area contributed by atoms with Crippen LogP contribution in [-0.2, 0) is 0 Å². The molecule has 0 aliphatic rings. The fourth-order valence-corrected chi connectivity index (χ4v) is 0.185. The minimum absolute atomic E-state index is 0.444. The lowest BCUT2D eigenvalue weighted by Gasteiger charge is -1.84. The Bertz CT molecular complexity index is 115. The molecule has 0 aromatic heterocycles. The van der Waals surface area contributed by atoms with E-state index in [9.17, 15) is 0 Å². The van der Waals surface area contributed by atoms with Gasteiger partial charge in [-0.2, -0.15) is 0 Å². The average molecular weight is 111 g/mol. The van der Waals surface area contributed by atoms with Crippen LogP contribution in [0.15, 0.2) is 17.3 Å². The predicted molar refractivity (Wildman–Crippen MR) is 35.5 cm³/mol. The van der Waals surface area contributed by atoms with Crippen LogP contribution in [0.1, 0.15) is 0 Å². The molecule has 0 saturated carbocycles. The summed E-state index contributed by atoms with van der Waals surface area (Å²) >= 11 is 0. The Labute approximate surface area is 48.6 Å². The van der Waals surface area contributed by atoms with E-state index in [-0.39, 0.29) is 0 Å². The molecule has 0 saturated heterocycles. The molecule has 0 amide bonds. The molecular formula is C5H9N3. The molecule has 0 aromatic rings. The number of aliphatic imine (C=N–C) groups is 1. The molecule has 0 aliphatic heterocycles. The molecule has 0 aromatic carbocycles. The summed E-state index contributed by atoms with van der Waals surface area (Å²) in [6, 6.07) is 0. The summed E-state index contributed by atoms with van der Waals surface area (Å²) in [4.78, 5) is 3.69. The zero-order valence-electron chi connectivity index (χ0n) is 4.81. The first-order valence-electron chi connectivity index (χ1n) is 2.20. The summed E-state index contributed by atoms with van der Waals surface area (Å²) in [6.07, 6.45) is 2.57. The van der Waals surface area contributed by atoms with Gasteiger partial charge in [0.15, 0.2) is 0 Å². The van der Waals surface area contributed by atoms with Crippen LogP contribution in [0.2, 0.25) is 0 Å². The fraction of sp³-hybridized carbons (Fsp3) is 0.200. The summed E-state index contributed by atoms with van der Waals surface area (Å²) < 4.78 is 0. The molecule has 3 nitrogen and oxygen atoms in total. The van der Waals surface area contributed by atoms with Gasteiger partial charge in [-0.15, -0.1) is 0 Å². The van der Waals surface area contributed by atoms with E-state index >= 15 is 0 Å². The number of nitrogens with zero attached hydrogens (tertiary/aromatic N) is 1. The molecule has 44 valence electrons. The van der Waals surface area contributed by atoms with Crippen LogP contribution in [0.25, 0.3) is 0 Å². The van der Waals surface area contributed by atoms with Crippen molar-refractivity contribution < 1.29 is 0 Å². The highest BCUT2D eigenvalue weighted by Gasteiger charge is 1.73. The van der Waals surface area contributed by atoms with Crippen molar-refractivity contribution in [2.45, 2.75) is 0 Å². The van der Waals surface area contributed by atoms with Crippen LogP contribution in [0.5, 0.6) is 0 Å². The summed E-state index contributed by atoms with van der Waals surface area (Å²) in [5.41, 5.74) is 0.444. The summed E-state index contributed by atoms with van der Waals surface area (Å²) in [5.74, 6) is 0. The SMILES string of the molecule is C=C(C=N)/N=C\NC. The molecule has 0 spiro atoms. The van der Waals surface area contributed by atoms with Gasteiger partial charge in [0.2, 0.25) is 0 Å².